The lowest BCUT2D eigenvalue weighted by Gasteiger charge is -2.10. The Labute approximate surface area is 101 Å². The lowest BCUT2D eigenvalue weighted by molar-refractivity contribution is 0.112. The van der Waals surface area contributed by atoms with Crippen molar-refractivity contribution < 1.29 is 9.90 Å². The van der Waals surface area contributed by atoms with Gasteiger partial charge in [0.15, 0.2) is 0 Å². The molecular weight excluding hydrogens is 212 g/mol. The van der Waals surface area contributed by atoms with E-state index in [1.54, 1.807) is 6.07 Å². The van der Waals surface area contributed by atoms with E-state index in [0.29, 0.717) is 5.56 Å². The number of hydrogen-bond acceptors (Lipinski definition) is 2. The van der Waals surface area contributed by atoms with Gasteiger partial charge in [-0.3, -0.25) is 4.79 Å². The highest BCUT2D eigenvalue weighted by atomic mass is 16.3. The lowest BCUT2D eigenvalue weighted by atomic mass is 9.96. The number of carbonyl (C=O) groups is 1. The zero-order valence-corrected chi connectivity index (χ0v) is 9.68. The van der Waals surface area contributed by atoms with Crippen molar-refractivity contribution in [1.29, 1.82) is 0 Å². The van der Waals surface area contributed by atoms with Crippen molar-refractivity contribution in [3.63, 3.8) is 0 Å². The summed E-state index contributed by atoms with van der Waals surface area (Å²) in [4.78, 5) is 10.8. The van der Waals surface area contributed by atoms with Crippen LogP contribution in [0.15, 0.2) is 42.5 Å². The summed E-state index contributed by atoms with van der Waals surface area (Å²) in [6.45, 7) is 2.02. The van der Waals surface area contributed by atoms with Crippen molar-refractivity contribution in [2.24, 2.45) is 0 Å². The molecule has 0 aromatic heterocycles. The Morgan fingerprint density at radius 2 is 1.94 bits per heavy atom. The second-order valence-electron chi connectivity index (χ2n) is 3.99. The summed E-state index contributed by atoms with van der Waals surface area (Å²) in [5.74, 6) is 0. The van der Waals surface area contributed by atoms with Gasteiger partial charge in [0, 0.05) is 5.56 Å². The normalized spacial score (nSPS) is 10.2. The van der Waals surface area contributed by atoms with Gasteiger partial charge in [-0.2, -0.15) is 0 Å². The van der Waals surface area contributed by atoms with Crippen LogP contribution in [0.3, 0.4) is 0 Å². The molecule has 0 bridgehead atoms. The van der Waals surface area contributed by atoms with Crippen LogP contribution in [-0.4, -0.2) is 11.4 Å². The summed E-state index contributed by atoms with van der Waals surface area (Å²) < 4.78 is 0. The highest BCUT2D eigenvalue weighted by molar-refractivity contribution is 5.79. The van der Waals surface area contributed by atoms with Gasteiger partial charge in [0.05, 0.1) is 6.61 Å². The third kappa shape index (κ3) is 2.27. The minimum Gasteiger partial charge on any atom is -0.392 e. The zero-order valence-electron chi connectivity index (χ0n) is 9.68. The third-order valence-corrected chi connectivity index (χ3v) is 2.95. The molecule has 17 heavy (non-hydrogen) atoms. The minimum absolute atomic E-state index is 0.0348. The van der Waals surface area contributed by atoms with E-state index in [1.807, 2.05) is 43.3 Å². The smallest absolute Gasteiger partial charge is 0.150 e. The Morgan fingerprint density at radius 1 is 1.18 bits per heavy atom. The molecule has 0 aliphatic carbocycles. The fourth-order valence-corrected chi connectivity index (χ4v) is 1.95. The van der Waals surface area contributed by atoms with E-state index in [4.69, 9.17) is 0 Å². The molecule has 0 fully saturated rings. The van der Waals surface area contributed by atoms with E-state index in [-0.39, 0.29) is 6.61 Å². The molecular formula is C15H14O2. The van der Waals surface area contributed by atoms with Crippen molar-refractivity contribution in [3.05, 3.63) is 59.2 Å². The summed E-state index contributed by atoms with van der Waals surface area (Å²) in [6.07, 6.45) is 0.842. The molecule has 2 aromatic carbocycles. The van der Waals surface area contributed by atoms with Crippen molar-refractivity contribution in [3.8, 4) is 11.1 Å². The summed E-state index contributed by atoms with van der Waals surface area (Å²) in [5, 5.41) is 9.23. The van der Waals surface area contributed by atoms with Crippen molar-refractivity contribution in [1.82, 2.24) is 0 Å². The fraction of sp³-hybridized carbons (Fsp3) is 0.133. The Hall–Kier alpha value is -1.93. The van der Waals surface area contributed by atoms with Gasteiger partial charge in [-0.05, 0) is 35.2 Å². The van der Waals surface area contributed by atoms with Gasteiger partial charge in [0.25, 0.3) is 0 Å². The molecule has 0 aliphatic heterocycles. The molecule has 0 amide bonds. The van der Waals surface area contributed by atoms with Crippen LogP contribution in [0.5, 0.6) is 0 Å². The van der Waals surface area contributed by atoms with Crippen LogP contribution >= 0.6 is 0 Å². The van der Waals surface area contributed by atoms with Gasteiger partial charge < -0.3 is 5.11 Å². The molecule has 0 unspecified atom stereocenters. The van der Waals surface area contributed by atoms with E-state index < -0.39 is 0 Å². The monoisotopic (exact) mass is 226 g/mol. The maximum atomic E-state index is 10.8. The first-order valence-corrected chi connectivity index (χ1v) is 5.51. The predicted octanol–water partition coefficient (Wildman–Crippen LogP) is 2.97. The topological polar surface area (TPSA) is 37.3 Å². The van der Waals surface area contributed by atoms with Crippen LogP contribution in [0.1, 0.15) is 21.5 Å². The summed E-state index contributed by atoms with van der Waals surface area (Å²) in [6, 6.07) is 13.3. The Balaban J connectivity index is 2.56. The number of carbonyl (C=O) groups excluding carboxylic acids is 1. The molecule has 0 saturated carbocycles. The number of aldehydes is 1. The second kappa shape index (κ2) is 4.93. The van der Waals surface area contributed by atoms with Gasteiger partial charge in [0.1, 0.15) is 6.29 Å². The number of aliphatic hydroxyl groups is 1. The number of rotatable bonds is 3. The van der Waals surface area contributed by atoms with Gasteiger partial charge in [-0.25, -0.2) is 0 Å². The van der Waals surface area contributed by atoms with Crippen molar-refractivity contribution in [2.75, 3.05) is 0 Å². The zero-order chi connectivity index (χ0) is 12.3. The van der Waals surface area contributed by atoms with Gasteiger partial charge in [0.2, 0.25) is 0 Å². The van der Waals surface area contributed by atoms with E-state index in [9.17, 15) is 9.90 Å². The molecule has 0 aliphatic rings. The maximum Gasteiger partial charge on any atom is 0.150 e. The number of aliphatic hydroxyl groups excluding tert-OH is 1. The van der Waals surface area contributed by atoms with Crippen LogP contribution in [0.25, 0.3) is 11.1 Å². The highest BCUT2D eigenvalue weighted by Gasteiger charge is 2.05. The van der Waals surface area contributed by atoms with Crippen LogP contribution in [0.4, 0.5) is 0 Å². The van der Waals surface area contributed by atoms with Gasteiger partial charge in [-0.1, -0.05) is 36.4 Å². The molecule has 2 nitrogen and oxygen atoms in total. The Kier molecular flexibility index (Phi) is 3.35. The van der Waals surface area contributed by atoms with Crippen molar-refractivity contribution in [2.45, 2.75) is 13.5 Å². The molecule has 0 heterocycles. The molecule has 0 radical (unpaired) electrons. The first-order valence-electron chi connectivity index (χ1n) is 5.51. The van der Waals surface area contributed by atoms with E-state index in [1.165, 1.54) is 0 Å². The number of benzene rings is 2. The summed E-state index contributed by atoms with van der Waals surface area (Å²) in [5.41, 5.74) is 4.69. The third-order valence-electron chi connectivity index (χ3n) is 2.95. The van der Waals surface area contributed by atoms with E-state index >= 15 is 0 Å². The van der Waals surface area contributed by atoms with Crippen molar-refractivity contribution >= 4 is 6.29 Å². The average molecular weight is 226 g/mol. The average Bonchev–Trinajstić information content (AvgIpc) is 2.39. The van der Waals surface area contributed by atoms with Crippen LogP contribution < -0.4 is 0 Å². The number of hydrogen-bond donors (Lipinski definition) is 1. The molecule has 2 rings (SSSR count). The van der Waals surface area contributed by atoms with E-state index in [2.05, 4.69) is 0 Å². The predicted molar refractivity (Wildman–Crippen MR) is 67.9 cm³/mol. The second-order valence-corrected chi connectivity index (χ2v) is 3.99. The quantitative estimate of drug-likeness (QED) is 0.817. The lowest BCUT2D eigenvalue weighted by Crippen LogP contribution is -1.92. The summed E-state index contributed by atoms with van der Waals surface area (Å²) >= 11 is 0. The largest absolute Gasteiger partial charge is 0.392 e. The van der Waals surface area contributed by atoms with Gasteiger partial charge >= 0.3 is 0 Å². The molecule has 1 N–H and O–H groups in total. The molecule has 86 valence electrons. The fourth-order valence-electron chi connectivity index (χ4n) is 1.95. The maximum absolute atomic E-state index is 10.8. The molecule has 2 heteroatoms. The first kappa shape index (κ1) is 11.6. The van der Waals surface area contributed by atoms with Crippen LogP contribution in [0.2, 0.25) is 0 Å². The van der Waals surface area contributed by atoms with E-state index in [0.717, 1.165) is 28.5 Å². The highest BCUT2D eigenvalue weighted by Crippen LogP contribution is 2.26. The first-order chi connectivity index (χ1) is 8.26. The molecule has 2 aromatic rings. The molecule has 0 atom stereocenters. The summed E-state index contributed by atoms with van der Waals surface area (Å²) in [7, 11) is 0. The standard InChI is InChI=1S/C15H14O2/c1-11-14(10-17)6-3-7-15(11)13-5-2-4-12(8-13)9-16/h2-9,17H,10H2,1H3. The molecule has 0 saturated heterocycles. The Bertz CT molecular complexity index is 544. The minimum atomic E-state index is 0.0348. The van der Waals surface area contributed by atoms with Crippen LogP contribution in [0, 0.1) is 6.92 Å². The van der Waals surface area contributed by atoms with Crippen LogP contribution in [-0.2, 0) is 6.61 Å². The van der Waals surface area contributed by atoms with Gasteiger partial charge in [-0.15, -0.1) is 0 Å². The Morgan fingerprint density at radius 3 is 2.65 bits per heavy atom. The molecule has 0 spiro atoms. The SMILES string of the molecule is Cc1c(CO)cccc1-c1cccc(C=O)c1.